The number of rotatable bonds is 6. The van der Waals surface area contributed by atoms with Gasteiger partial charge in [-0.05, 0) is 42.5 Å². The second-order valence-corrected chi connectivity index (χ2v) is 7.39. The van der Waals surface area contributed by atoms with E-state index in [1.54, 1.807) is 30.3 Å². The van der Waals surface area contributed by atoms with Crippen LogP contribution in [0.25, 0.3) is 17.2 Å². The SMILES string of the molecule is Cn1c(=O)c(-c2noc(CCC(=O)Nc3cccc(F)c3)n2)nn(-c2ccc(Cl)cc2)c1=O. The van der Waals surface area contributed by atoms with E-state index in [0.717, 1.165) is 9.25 Å². The van der Waals surface area contributed by atoms with E-state index in [4.69, 9.17) is 16.1 Å². The Hall–Kier alpha value is -4.12. The van der Waals surface area contributed by atoms with E-state index in [-0.39, 0.29) is 36.2 Å². The van der Waals surface area contributed by atoms with Crippen molar-refractivity contribution in [3.05, 3.63) is 86.1 Å². The number of benzene rings is 2. The van der Waals surface area contributed by atoms with Crippen LogP contribution in [0.15, 0.2) is 62.6 Å². The zero-order valence-electron chi connectivity index (χ0n) is 17.2. The molecule has 33 heavy (non-hydrogen) atoms. The normalized spacial score (nSPS) is 10.9. The third-order valence-corrected chi connectivity index (χ3v) is 4.85. The van der Waals surface area contributed by atoms with Crippen LogP contribution in [-0.4, -0.2) is 30.4 Å². The zero-order chi connectivity index (χ0) is 23.5. The average molecular weight is 471 g/mol. The van der Waals surface area contributed by atoms with E-state index in [2.05, 4.69) is 20.6 Å². The molecule has 0 spiro atoms. The number of aryl methyl sites for hydroxylation is 1. The summed E-state index contributed by atoms with van der Waals surface area (Å²) >= 11 is 5.89. The van der Waals surface area contributed by atoms with Crippen LogP contribution in [0.5, 0.6) is 0 Å². The van der Waals surface area contributed by atoms with Gasteiger partial charge in [-0.1, -0.05) is 22.8 Å². The first-order chi connectivity index (χ1) is 15.8. The molecule has 0 saturated carbocycles. The molecule has 0 aliphatic heterocycles. The Morgan fingerprint density at radius 2 is 1.94 bits per heavy atom. The summed E-state index contributed by atoms with van der Waals surface area (Å²) in [5.41, 5.74) is -0.862. The van der Waals surface area contributed by atoms with Gasteiger partial charge in [0.1, 0.15) is 5.82 Å². The van der Waals surface area contributed by atoms with Crippen molar-refractivity contribution in [2.45, 2.75) is 12.8 Å². The Morgan fingerprint density at radius 3 is 2.67 bits per heavy atom. The molecule has 12 heteroatoms. The Labute approximate surface area is 190 Å². The molecule has 0 atom stereocenters. The number of carbonyl (C=O) groups excluding carboxylic acids is 1. The molecule has 0 radical (unpaired) electrons. The number of amides is 1. The van der Waals surface area contributed by atoms with Crippen LogP contribution in [0.3, 0.4) is 0 Å². The molecule has 2 aromatic heterocycles. The maximum absolute atomic E-state index is 13.2. The van der Waals surface area contributed by atoms with Gasteiger partial charge in [0.25, 0.3) is 5.56 Å². The molecule has 4 aromatic rings. The van der Waals surface area contributed by atoms with E-state index in [1.807, 2.05) is 0 Å². The number of aromatic nitrogens is 5. The summed E-state index contributed by atoms with van der Waals surface area (Å²) in [5.74, 6) is -0.889. The summed E-state index contributed by atoms with van der Waals surface area (Å²) in [6, 6.07) is 11.8. The second-order valence-electron chi connectivity index (χ2n) is 6.95. The number of hydrogen-bond donors (Lipinski definition) is 1. The van der Waals surface area contributed by atoms with Crippen molar-refractivity contribution in [1.82, 2.24) is 24.5 Å². The standard InChI is InChI=1S/C21H16ClFN6O4/c1-28-20(31)18(26-29(21(28)32)15-7-5-12(22)6-8-15)19-25-17(33-27-19)10-9-16(30)24-14-4-2-3-13(23)11-14/h2-8,11H,9-10H2,1H3,(H,24,30). The predicted octanol–water partition coefficient (Wildman–Crippen LogP) is 2.35. The van der Waals surface area contributed by atoms with Crippen LogP contribution >= 0.6 is 11.6 Å². The summed E-state index contributed by atoms with van der Waals surface area (Å²) in [6.45, 7) is 0. The summed E-state index contributed by atoms with van der Waals surface area (Å²) in [7, 11) is 1.31. The predicted molar refractivity (Wildman–Crippen MR) is 117 cm³/mol. The fourth-order valence-electron chi connectivity index (χ4n) is 2.93. The molecule has 10 nitrogen and oxygen atoms in total. The topological polar surface area (TPSA) is 125 Å². The largest absolute Gasteiger partial charge is 0.351 e. The Kier molecular flexibility index (Phi) is 6.13. The summed E-state index contributed by atoms with van der Waals surface area (Å²) in [4.78, 5) is 41.3. The lowest BCUT2D eigenvalue weighted by Crippen LogP contribution is -2.40. The molecule has 2 heterocycles. The van der Waals surface area contributed by atoms with Crippen molar-refractivity contribution in [2.24, 2.45) is 7.05 Å². The summed E-state index contributed by atoms with van der Waals surface area (Å²) < 4.78 is 20.3. The van der Waals surface area contributed by atoms with Crippen LogP contribution in [0.4, 0.5) is 10.1 Å². The monoisotopic (exact) mass is 470 g/mol. The van der Waals surface area contributed by atoms with Gasteiger partial charge < -0.3 is 9.84 Å². The van der Waals surface area contributed by atoms with Crippen molar-refractivity contribution in [2.75, 3.05) is 5.32 Å². The maximum Gasteiger partial charge on any atom is 0.351 e. The number of nitrogens with one attached hydrogen (secondary N) is 1. The molecule has 0 bridgehead atoms. The third-order valence-electron chi connectivity index (χ3n) is 4.60. The lowest BCUT2D eigenvalue weighted by Gasteiger charge is -2.07. The first-order valence-electron chi connectivity index (χ1n) is 9.66. The quantitative estimate of drug-likeness (QED) is 0.458. The molecule has 168 valence electrons. The highest BCUT2D eigenvalue weighted by Crippen LogP contribution is 2.14. The molecule has 1 N–H and O–H groups in total. The molecule has 0 aliphatic rings. The van der Waals surface area contributed by atoms with Crippen LogP contribution < -0.4 is 16.6 Å². The molecular formula is C21H16ClFN6O4. The lowest BCUT2D eigenvalue weighted by atomic mass is 10.2. The fourth-order valence-corrected chi connectivity index (χ4v) is 3.05. The first kappa shape index (κ1) is 22.1. The van der Waals surface area contributed by atoms with E-state index in [1.165, 1.54) is 25.2 Å². The van der Waals surface area contributed by atoms with Gasteiger partial charge in [-0.15, -0.1) is 0 Å². The zero-order valence-corrected chi connectivity index (χ0v) is 17.9. The van der Waals surface area contributed by atoms with E-state index in [0.29, 0.717) is 16.4 Å². The smallest absolute Gasteiger partial charge is 0.339 e. The number of halogens is 2. The molecule has 4 rings (SSSR count). The molecule has 0 saturated heterocycles. The Bertz CT molecular complexity index is 1440. The van der Waals surface area contributed by atoms with Crippen molar-refractivity contribution in [3.8, 4) is 17.2 Å². The minimum Gasteiger partial charge on any atom is -0.339 e. The van der Waals surface area contributed by atoms with Crippen molar-refractivity contribution >= 4 is 23.2 Å². The van der Waals surface area contributed by atoms with Gasteiger partial charge in [0, 0.05) is 30.6 Å². The van der Waals surface area contributed by atoms with Gasteiger partial charge in [0.2, 0.25) is 17.6 Å². The van der Waals surface area contributed by atoms with Crippen LogP contribution in [0.1, 0.15) is 12.3 Å². The van der Waals surface area contributed by atoms with Gasteiger partial charge in [0.05, 0.1) is 5.69 Å². The second kappa shape index (κ2) is 9.17. The number of anilines is 1. The molecule has 2 aromatic carbocycles. The van der Waals surface area contributed by atoms with Crippen molar-refractivity contribution < 1.29 is 13.7 Å². The molecule has 0 unspecified atom stereocenters. The van der Waals surface area contributed by atoms with Crippen molar-refractivity contribution in [1.29, 1.82) is 0 Å². The lowest BCUT2D eigenvalue weighted by molar-refractivity contribution is -0.116. The maximum atomic E-state index is 13.2. The van der Waals surface area contributed by atoms with E-state index < -0.39 is 17.1 Å². The van der Waals surface area contributed by atoms with Crippen molar-refractivity contribution in [3.63, 3.8) is 0 Å². The number of hydrogen-bond acceptors (Lipinski definition) is 7. The molecule has 1 amide bonds. The molecule has 0 aliphatic carbocycles. The highest BCUT2D eigenvalue weighted by atomic mass is 35.5. The third kappa shape index (κ3) is 4.88. The number of nitrogens with zero attached hydrogens (tertiary/aromatic N) is 5. The van der Waals surface area contributed by atoms with Crippen LogP contribution in [0, 0.1) is 5.82 Å². The summed E-state index contributed by atoms with van der Waals surface area (Å²) in [6.07, 6.45) is 0.0547. The highest BCUT2D eigenvalue weighted by Gasteiger charge is 2.19. The van der Waals surface area contributed by atoms with Gasteiger partial charge in [0.15, 0.2) is 5.69 Å². The fraction of sp³-hybridized carbons (Fsp3) is 0.143. The first-order valence-corrected chi connectivity index (χ1v) is 10.0. The van der Waals surface area contributed by atoms with E-state index >= 15 is 0 Å². The molecular weight excluding hydrogens is 455 g/mol. The number of carbonyl (C=O) groups is 1. The minimum atomic E-state index is -0.707. The van der Waals surface area contributed by atoms with Gasteiger partial charge >= 0.3 is 5.69 Å². The van der Waals surface area contributed by atoms with E-state index in [9.17, 15) is 18.8 Å². The summed E-state index contributed by atoms with van der Waals surface area (Å²) in [5, 5.41) is 10.9. The Morgan fingerprint density at radius 1 is 1.18 bits per heavy atom. The van der Waals surface area contributed by atoms with Gasteiger partial charge in [-0.2, -0.15) is 14.8 Å². The average Bonchev–Trinajstić information content (AvgIpc) is 3.26. The van der Waals surface area contributed by atoms with Crippen LogP contribution in [-0.2, 0) is 18.3 Å². The molecule has 0 fully saturated rings. The van der Waals surface area contributed by atoms with Gasteiger partial charge in [-0.3, -0.25) is 14.2 Å². The highest BCUT2D eigenvalue weighted by molar-refractivity contribution is 6.30. The van der Waals surface area contributed by atoms with Gasteiger partial charge in [-0.25, -0.2) is 9.18 Å². The minimum absolute atomic E-state index is 0.0200. The Balaban J connectivity index is 1.54. The van der Waals surface area contributed by atoms with Crippen LogP contribution in [0.2, 0.25) is 5.02 Å².